The Morgan fingerprint density at radius 1 is 1.28 bits per heavy atom. The minimum absolute atomic E-state index is 0.222. The molecule has 0 unspecified atom stereocenters. The lowest BCUT2D eigenvalue weighted by Gasteiger charge is -2.26. The predicted octanol–water partition coefficient (Wildman–Crippen LogP) is 2.05. The first kappa shape index (κ1) is 13.3. The topological polar surface area (TPSA) is 58.1 Å². The number of hydrogen-bond acceptors (Lipinski definition) is 4. The Labute approximate surface area is 115 Å². The van der Waals surface area contributed by atoms with Gasteiger partial charge in [-0.05, 0) is 35.2 Å². The number of likely N-dealkylation sites (tertiary alicyclic amines) is 1. The number of nitrogens with zero attached hydrogens (tertiary/aromatic N) is 3. The molecule has 0 aliphatic carbocycles. The van der Waals surface area contributed by atoms with Crippen molar-refractivity contribution in [1.29, 1.82) is 0 Å². The molecule has 0 spiro atoms. The molecule has 18 heavy (non-hydrogen) atoms. The van der Waals surface area contributed by atoms with Crippen LogP contribution in [0.3, 0.4) is 0 Å². The van der Waals surface area contributed by atoms with Crippen molar-refractivity contribution in [1.82, 2.24) is 14.9 Å². The Bertz CT molecular complexity index is 390. The summed E-state index contributed by atoms with van der Waals surface area (Å²) in [5.74, 6) is 0.781. The number of carbonyl (C=O) groups excluding carboxylic acids is 1. The van der Waals surface area contributed by atoms with Gasteiger partial charge in [0.2, 0.25) is 11.9 Å². The van der Waals surface area contributed by atoms with Gasteiger partial charge in [0.25, 0.3) is 0 Å². The molecule has 5 nitrogen and oxygen atoms in total. The summed E-state index contributed by atoms with van der Waals surface area (Å²) in [6.45, 7) is 2.40. The fraction of sp³-hybridized carbons (Fsp3) is 0.583. The van der Waals surface area contributed by atoms with Crippen LogP contribution in [0.1, 0.15) is 25.7 Å². The summed E-state index contributed by atoms with van der Waals surface area (Å²) in [5.41, 5.74) is 0. The number of amides is 1. The molecule has 0 aromatic carbocycles. The van der Waals surface area contributed by atoms with Gasteiger partial charge in [0, 0.05) is 38.4 Å². The normalized spacial score (nSPS) is 15.5. The minimum Gasteiger partial charge on any atom is -0.354 e. The molecule has 98 valence electrons. The third-order valence-electron chi connectivity index (χ3n) is 2.95. The van der Waals surface area contributed by atoms with Gasteiger partial charge in [-0.2, -0.15) is 0 Å². The number of piperidine rings is 1. The van der Waals surface area contributed by atoms with Crippen LogP contribution in [0.5, 0.6) is 0 Å². The minimum atomic E-state index is 0.222. The summed E-state index contributed by atoms with van der Waals surface area (Å²) in [6.07, 6.45) is 7.38. The Morgan fingerprint density at radius 3 is 2.61 bits per heavy atom. The van der Waals surface area contributed by atoms with Gasteiger partial charge in [-0.15, -0.1) is 0 Å². The summed E-state index contributed by atoms with van der Waals surface area (Å²) in [5, 5.41) is 3.05. The molecule has 1 aromatic heterocycles. The average Bonchev–Trinajstić information content (AvgIpc) is 2.42. The number of rotatable bonds is 4. The molecule has 0 atom stereocenters. The van der Waals surface area contributed by atoms with Gasteiger partial charge in [-0.25, -0.2) is 9.97 Å². The van der Waals surface area contributed by atoms with E-state index in [0.29, 0.717) is 18.9 Å². The van der Waals surface area contributed by atoms with Crippen LogP contribution in [0, 0.1) is 0 Å². The summed E-state index contributed by atoms with van der Waals surface area (Å²) >= 11 is 3.28. The first-order valence-corrected chi connectivity index (χ1v) is 7.04. The van der Waals surface area contributed by atoms with Crippen LogP contribution in [0.25, 0.3) is 0 Å². The molecule has 2 heterocycles. The smallest absolute Gasteiger partial charge is 0.224 e. The van der Waals surface area contributed by atoms with Gasteiger partial charge in [-0.3, -0.25) is 4.79 Å². The van der Waals surface area contributed by atoms with Crippen LogP contribution >= 0.6 is 15.9 Å². The molecule has 1 amide bonds. The van der Waals surface area contributed by atoms with E-state index in [1.54, 1.807) is 12.4 Å². The fourth-order valence-electron chi connectivity index (χ4n) is 1.99. The van der Waals surface area contributed by atoms with Crippen LogP contribution in [0.15, 0.2) is 16.9 Å². The number of halogens is 1. The van der Waals surface area contributed by atoms with Crippen molar-refractivity contribution in [3.8, 4) is 0 Å². The lowest BCUT2D eigenvalue weighted by Crippen LogP contribution is -2.36. The van der Waals surface area contributed by atoms with E-state index < -0.39 is 0 Å². The molecule has 0 radical (unpaired) electrons. The van der Waals surface area contributed by atoms with Crippen molar-refractivity contribution in [3.05, 3.63) is 16.9 Å². The first-order chi connectivity index (χ1) is 8.75. The van der Waals surface area contributed by atoms with Gasteiger partial charge in [0.05, 0.1) is 4.47 Å². The summed E-state index contributed by atoms with van der Waals surface area (Å²) in [6, 6.07) is 0. The lowest BCUT2D eigenvalue weighted by molar-refractivity contribution is -0.131. The van der Waals surface area contributed by atoms with Crippen LogP contribution in [0.4, 0.5) is 5.95 Å². The highest BCUT2D eigenvalue weighted by molar-refractivity contribution is 9.10. The van der Waals surface area contributed by atoms with E-state index in [-0.39, 0.29) is 5.91 Å². The molecule has 1 N–H and O–H groups in total. The number of nitrogens with one attached hydrogen (secondary N) is 1. The Kier molecular flexibility index (Phi) is 4.92. The van der Waals surface area contributed by atoms with Gasteiger partial charge in [0.15, 0.2) is 0 Å². The van der Waals surface area contributed by atoms with Crippen molar-refractivity contribution in [2.45, 2.75) is 25.7 Å². The summed E-state index contributed by atoms with van der Waals surface area (Å²) in [7, 11) is 0. The zero-order valence-electron chi connectivity index (χ0n) is 10.2. The average molecular weight is 313 g/mol. The summed E-state index contributed by atoms with van der Waals surface area (Å²) in [4.78, 5) is 22.0. The van der Waals surface area contributed by atoms with E-state index >= 15 is 0 Å². The van der Waals surface area contributed by atoms with Crippen LogP contribution < -0.4 is 5.32 Å². The molecule has 0 saturated carbocycles. The largest absolute Gasteiger partial charge is 0.354 e. The van der Waals surface area contributed by atoms with Crippen molar-refractivity contribution in [2.24, 2.45) is 0 Å². The third-order valence-corrected chi connectivity index (χ3v) is 3.36. The highest BCUT2D eigenvalue weighted by Gasteiger charge is 2.15. The number of carbonyl (C=O) groups is 1. The summed E-state index contributed by atoms with van der Waals surface area (Å²) < 4.78 is 0.845. The van der Waals surface area contributed by atoms with Crippen LogP contribution in [-0.2, 0) is 4.79 Å². The van der Waals surface area contributed by atoms with Gasteiger partial charge in [-0.1, -0.05) is 0 Å². The molecule has 1 fully saturated rings. The molecule has 1 saturated heterocycles. The van der Waals surface area contributed by atoms with Crippen molar-refractivity contribution >= 4 is 27.8 Å². The van der Waals surface area contributed by atoms with E-state index in [9.17, 15) is 4.79 Å². The van der Waals surface area contributed by atoms with Crippen molar-refractivity contribution in [3.63, 3.8) is 0 Å². The lowest BCUT2D eigenvalue weighted by atomic mass is 10.1. The van der Waals surface area contributed by atoms with Gasteiger partial charge >= 0.3 is 0 Å². The molecule has 1 aliphatic heterocycles. The first-order valence-electron chi connectivity index (χ1n) is 6.25. The molecule has 1 aromatic rings. The van der Waals surface area contributed by atoms with Crippen LogP contribution in [0.2, 0.25) is 0 Å². The maximum Gasteiger partial charge on any atom is 0.224 e. The van der Waals surface area contributed by atoms with E-state index in [2.05, 4.69) is 31.2 Å². The monoisotopic (exact) mass is 312 g/mol. The Morgan fingerprint density at radius 2 is 1.94 bits per heavy atom. The zero-order chi connectivity index (χ0) is 12.8. The Balaban J connectivity index is 1.71. The van der Waals surface area contributed by atoms with Gasteiger partial charge < -0.3 is 10.2 Å². The molecular weight excluding hydrogens is 296 g/mol. The maximum atomic E-state index is 11.9. The third kappa shape index (κ3) is 3.94. The molecular formula is C12H17BrN4O. The standard InChI is InChI=1S/C12H17BrN4O/c13-10-8-15-12(16-9-10)14-5-4-11(18)17-6-2-1-3-7-17/h8-9H,1-7H2,(H,14,15,16). The molecule has 2 rings (SSSR count). The highest BCUT2D eigenvalue weighted by atomic mass is 79.9. The molecule has 6 heteroatoms. The van der Waals surface area contributed by atoms with Gasteiger partial charge in [0.1, 0.15) is 0 Å². The van der Waals surface area contributed by atoms with E-state index in [1.807, 2.05) is 4.90 Å². The predicted molar refractivity (Wildman–Crippen MR) is 73.3 cm³/mol. The van der Waals surface area contributed by atoms with Crippen LogP contribution in [-0.4, -0.2) is 40.4 Å². The van der Waals surface area contributed by atoms with Crippen molar-refractivity contribution in [2.75, 3.05) is 25.0 Å². The number of hydrogen-bond donors (Lipinski definition) is 1. The zero-order valence-corrected chi connectivity index (χ0v) is 11.8. The molecule has 1 aliphatic rings. The molecule has 0 bridgehead atoms. The quantitative estimate of drug-likeness (QED) is 0.924. The second kappa shape index (κ2) is 6.68. The van der Waals surface area contributed by atoms with E-state index in [0.717, 1.165) is 30.4 Å². The SMILES string of the molecule is O=C(CCNc1ncc(Br)cn1)N1CCCCC1. The number of anilines is 1. The number of aromatic nitrogens is 2. The van der Waals surface area contributed by atoms with Crippen molar-refractivity contribution < 1.29 is 4.79 Å². The highest BCUT2D eigenvalue weighted by Crippen LogP contribution is 2.10. The van der Waals surface area contributed by atoms with E-state index in [4.69, 9.17) is 0 Å². The van der Waals surface area contributed by atoms with E-state index in [1.165, 1.54) is 6.42 Å². The fourth-order valence-corrected chi connectivity index (χ4v) is 2.19. The maximum absolute atomic E-state index is 11.9. The second-order valence-electron chi connectivity index (χ2n) is 4.34. The second-order valence-corrected chi connectivity index (χ2v) is 5.26. The Hall–Kier alpha value is -1.17.